The molecule has 0 spiro atoms. The molecule has 4 nitrogen and oxygen atoms in total. The summed E-state index contributed by atoms with van der Waals surface area (Å²) in [6.45, 7) is 0. The van der Waals surface area contributed by atoms with Crippen LogP contribution in [-0.4, -0.2) is 24.1 Å². The zero-order valence-corrected chi connectivity index (χ0v) is 12.8. The molecule has 0 radical (unpaired) electrons. The minimum absolute atomic E-state index is 0.0304. The molecule has 2 rings (SSSR count). The highest BCUT2D eigenvalue weighted by Gasteiger charge is 2.13. The lowest BCUT2D eigenvalue weighted by atomic mass is 10.0. The van der Waals surface area contributed by atoms with E-state index < -0.39 is 0 Å². The Hall–Kier alpha value is -1.53. The van der Waals surface area contributed by atoms with Gasteiger partial charge in [-0.15, -0.1) is 0 Å². The van der Waals surface area contributed by atoms with Gasteiger partial charge in [0.1, 0.15) is 12.1 Å². The topological polar surface area (TPSA) is 47.0 Å². The van der Waals surface area contributed by atoms with Crippen molar-refractivity contribution in [2.75, 3.05) is 14.2 Å². The number of rotatable bonds is 5. The molecule has 0 aliphatic carbocycles. The van der Waals surface area contributed by atoms with Crippen LogP contribution in [0.15, 0.2) is 35.1 Å². The van der Waals surface area contributed by atoms with Gasteiger partial charge in [-0.1, -0.05) is 6.07 Å². The molecule has 20 heavy (non-hydrogen) atoms. The lowest BCUT2D eigenvalue weighted by Gasteiger charge is -2.16. The number of benzene rings is 1. The van der Waals surface area contributed by atoms with E-state index in [4.69, 9.17) is 4.74 Å². The number of aromatic nitrogens is 2. The van der Waals surface area contributed by atoms with E-state index in [1.807, 2.05) is 13.1 Å². The third-order valence-electron chi connectivity index (χ3n) is 3.02. The number of likely N-dealkylation sites (N-methyl/N-ethyl adjacent to an activating group) is 1. The summed E-state index contributed by atoms with van der Waals surface area (Å²) in [7, 11) is 3.40. The van der Waals surface area contributed by atoms with Crippen molar-refractivity contribution in [2.45, 2.75) is 12.5 Å². The van der Waals surface area contributed by atoms with Crippen molar-refractivity contribution in [3.8, 4) is 5.88 Å². The predicted octanol–water partition coefficient (Wildman–Crippen LogP) is 2.89. The second-order valence-electron chi connectivity index (χ2n) is 4.27. The first kappa shape index (κ1) is 14.9. The number of nitrogens with zero attached hydrogens (tertiary/aromatic N) is 2. The first-order valence-corrected chi connectivity index (χ1v) is 6.90. The Morgan fingerprint density at radius 3 is 2.80 bits per heavy atom. The molecule has 106 valence electrons. The Morgan fingerprint density at radius 2 is 2.15 bits per heavy atom. The molecule has 1 heterocycles. The number of hydrogen-bond donors (Lipinski definition) is 1. The van der Waals surface area contributed by atoms with Crippen LogP contribution in [0.2, 0.25) is 0 Å². The summed E-state index contributed by atoms with van der Waals surface area (Å²) in [6.07, 6.45) is 2.08. The van der Waals surface area contributed by atoms with Crippen molar-refractivity contribution in [1.29, 1.82) is 0 Å². The summed E-state index contributed by atoms with van der Waals surface area (Å²) in [5.74, 6) is 0.245. The average molecular weight is 340 g/mol. The van der Waals surface area contributed by atoms with Gasteiger partial charge in [-0.2, -0.15) is 0 Å². The van der Waals surface area contributed by atoms with Gasteiger partial charge >= 0.3 is 0 Å². The molecule has 0 fully saturated rings. The third kappa shape index (κ3) is 3.52. The lowest BCUT2D eigenvalue weighted by Crippen LogP contribution is -2.19. The SMILES string of the molecule is CNC(Cc1cc(OC)ncn1)c1ccc(Br)c(F)c1. The Kier molecular flexibility index (Phi) is 5.03. The maximum atomic E-state index is 13.6. The highest BCUT2D eigenvalue weighted by Crippen LogP contribution is 2.23. The van der Waals surface area contributed by atoms with Gasteiger partial charge in [0.2, 0.25) is 5.88 Å². The highest BCUT2D eigenvalue weighted by atomic mass is 79.9. The zero-order valence-electron chi connectivity index (χ0n) is 11.2. The number of methoxy groups -OCH3 is 1. The molecule has 0 aliphatic rings. The largest absolute Gasteiger partial charge is 0.481 e. The van der Waals surface area contributed by atoms with E-state index in [9.17, 15) is 4.39 Å². The van der Waals surface area contributed by atoms with Gasteiger partial charge in [0.15, 0.2) is 0 Å². The van der Waals surface area contributed by atoms with E-state index in [1.54, 1.807) is 19.2 Å². The van der Waals surface area contributed by atoms with Crippen LogP contribution in [0.4, 0.5) is 4.39 Å². The fourth-order valence-corrected chi connectivity index (χ4v) is 2.17. The van der Waals surface area contributed by atoms with E-state index in [2.05, 4.69) is 31.2 Å². The fraction of sp³-hybridized carbons (Fsp3) is 0.286. The van der Waals surface area contributed by atoms with Crippen LogP contribution >= 0.6 is 15.9 Å². The maximum Gasteiger partial charge on any atom is 0.216 e. The Bertz CT molecular complexity index is 594. The maximum absolute atomic E-state index is 13.6. The lowest BCUT2D eigenvalue weighted by molar-refractivity contribution is 0.395. The van der Waals surface area contributed by atoms with Crippen LogP contribution in [0.5, 0.6) is 5.88 Å². The van der Waals surface area contributed by atoms with Crippen LogP contribution in [0.1, 0.15) is 17.3 Å². The second-order valence-corrected chi connectivity index (χ2v) is 5.12. The molecule has 2 aromatic rings. The van der Waals surface area contributed by atoms with E-state index in [0.717, 1.165) is 11.3 Å². The van der Waals surface area contributed by atoms with E-state index in [1.165, 1.54) is 12.4 Å². The number of hydrogen-bond acceptors (Lipinski definition) is 4. The summed E-state index contributed by atoms with van der Waals surface area (Å²) in [5, 5.41) is 3.17. The molecule has 1 unspecified atom stereocenters. The molecule has 6 heteroatoms. The second kappa shape index (κ2) is 6.76. The number of halogens is 2. The van der Waals surface area contributed by atoms with Crippen LogP contribution in [0, 0.1) is 5.82 Å². The van der Waals surface area contributed by atoms with E-state index in [0.29, 0.717) is 16.8 Å². The predicted molar refractivity (Wildman–Crippen MR) is 78.2 cm³/mol. The van der Waals surface area contributed by atoms with Gasteiger partial charge in [-0.05, 0) is 40.7 Å². The van der Waals surface area contributed by atoms with E-state index in [-0.39, 0.29) is 11.9 Å². The summed E-state index contributed by atoms with van der Waals surface area (Å²) < 4.78 is 19.1. The summed E-state index contributed by atoms with van der Waals surface area (Å²) >= 11 is 3.15. The molecule has 1 atom stereocenters. The van der Waals surface area contributed by atoms with Gasteiger partial charge < -0.3 is 10.1 Å². The minimum Gasteiger partial charge on any atom is -0.481 e. The Balaban J connectivity index is 2.21. The third-order valence-corrected chi connectivity index (χ3v) is 3.66. The standard InChI is InChI=1S/C14H15BrFN3O/c1-17-13(9-3-4-11(15)12(16)5-9)6-10-7-14(20-2)19-8-18-10/h3-5,7-8,13,17H,6H2,1-2H3. The summed E-state index contributed by atoms with van der Waals surface area (Å²) in [5.41, 5.74) is 1.70. The fourth-order valence-electron chi connectivity index (χ4n) is 1.93. The molecule has 0 saturated carbocycles. The zero-order chi connectivity index (χ0) is 14.5. The normalized spacial score (nSPS) is 12.2. The van der Waals surface area contributed by atoms with Gasteiger partial charge in [0.05, 0.1) is 11.6 Å². The smallest absolute Gasteiger partial charge is 0.216 e. The Morgan fingerprint density at radius 1 is 1.35 bits per heavy atom. The molecule has 1 aromatic heterocycles. The van der Waals surface area contributed by atoms with Crippen molar-refractivity contribution >= 4 is 15.9 Å². The van der Waals surface area contributed by atoms with Crippen molar-refractivity contribution < 1.29 is 9.13 Å². The molecule has 0 saturated heterocycles. The molecular weight excluding hydrogens is 325 g/mol. The number of nitrogens with one attached hydrogen (secondary N) is 1. The van der Waals surface area contributed by atoms with Crippen molar-refractivity contribution in [2.24, 2.45) is 0 Å². The van der Waals surface area contributed by atoms with Crippen LogP contribution < -0.4 is 10.1 Å². The molecular formula is C14H15BrFN3O. The Labute approximate surface area is 125 Å². The first-order chi connectivity index (χ1) is 9.63. The minimum atomic E-state index is -0.275. The van der Waals surface area contributed by atoms with Gasteiger partial charge in [0, 0.05) is 24.2 Å². The quantitative estimate of drug-likeness (QED) is 0.909. The highest BCUT2D eigenvalue weighted by molar-refractivity contribution is 9.10. The first-order valence-electron chi connectivity index (χ1n) is 6.11. The summed E-state index contributed by atoms with van der Waals surface area (Å²) in [6, 6.07) is 6.85. The van der Waals surface area contributed by atoms with Crippen LogP contribution in [-0.2, 0) is 6.42 Å². The van der Waals surface area contributed by atoms with Gasteiger partial charge in [-0.25, -0.2) is 14.4 Å². The summed E-state index contributed by atoms with van der Waals surface area (Å²) in [4.78, 5) is 8.18. The molecule has 0 amide bonds. The van der Waals surface area contributed by atoms with Crippen molar-refractivity contribution in [1.82, 2.24) is 15.3 Å². The van der Waals surface area contributed by atoms with E-state index >= 15 is 0 Å². The van der Waals surface area contributed by atoms with Gasteiger partial charge in [-0.3, -0.25) is 0 Å². The van der Waals surface area contributed by atoms with Crippen molar-refractivity contribution in [3.63, 3.8) is 0 Å². The van der Waals surface area contributed by atoms with Gasteiger partial charge in [0.25, 0.3) is 0 Å². The average Bonchev–Trinajstić information content (AvgIpc) is 2.48. The molecule has 0 aliphatic heterocycles. The van der Waals surface area contributed by atoms with Crippen molar-refractivity contribution in [3.05, 3.63) is 52.1 Å². The monoisotopic (exact) mass is 339 g/mol. The van der Waals surface area contributed by atoms with Crippen LogP contribution in [0.3, 0.4) is 0 Å². The molecule has 1 N–H and O–H groups in total. The molecule has 0 bridgehead atoms. The van der Waals surface area contributed by atoms with Crippen LogP contribution in [0.25, 0.3) is 0 Å². The number of ether oxygens (including phenoxy) is 1. The molecule has 1 aromatic carbocycles.